The van der Waals surface area contributed by atoms with E-state index in [1.54, 1.807) is 0 Å². The van der Waals surface area contributed by atoms with Gasteiger partial charge in [0, 0.05) is 13.1 Å². The number of rotatable bonds is 3. The van der Waals surface area contributed by atoms with Crippen LogP contribution >= 0.6 is 0 Å². The molecule has 1 aliphatic carbocycles. The summed E-state index contributed by atoms with van der Waals surface area (Å²) in [6.07, 6.45) is 1.32. The van der Waals surface area contributed by atoms with Crippen LogP contribution in [-0.4, -0.2) is 30.5 Å². The summed E-state index contributed by atoms with van der Waals surface area (Å²) >= 11 is 0. The molecule has 0 N–H and O–H groups in total. The highest BCUT2D eigenvalue weighted by Gasteiger charge is 2.46. The summed E-state index contributed by atoms with van der Waals surface area (Å²) in [5.41, 5.74) is 2.30. The van der Waals surface area contributed by atoms with E-state index in [-0.39, 0.29) is 12.5 Å². The van der Waals surface area contributed by atoms with Gasteiger partial charge in [0.25, 0.3) is 5.91 Å². The van der Waals surface area contributed by atoms with Crippen molar-refractivity contribution in [1.82, 2.24) is 4.90 Å². The molecule has 2 atom stereocenters. The molecule has 2 unspecified atom stereocenters. The quantitative estimate of drug-likeness (QED) is 0.816. The molecule has 1 saturated heterocycles. The molecule has 96 valence electrons. The van der Waals surface area contributed by atoms with Crippen LogP contribution in [0.4, 0.5) is 0 Å². The first kappa shape index (κ1) is 11.6. The summed E-state index contributed by atoms with van der Waals surface area (Å²) in [5.74, 6) is 2.52. The van der Waals surface area contributed by atoms with E-state index in [0.717, 1.165) is 36.2 Å². The number of likely N-dealkylation sites (tertiary alicyclic amines) is 1. The molecule has 1 aromatic carbocycles. The number of aryl methyl sites for hydroxylation is 2. The predicted molar refractivity (Wildman–Crippen MR) is 69.6 cm³/mol. The van der Waals surface area contributed by atoms with Crippen LogP contribution < -0.4 is 4.74 Å². The van der Waals surface area contributed by atoms with E-state index in [1.807, 2.05) is 24.0 Å². The maximum atomic E-state index is 12.0. The Bertz CT molecular complexity index is 473. The predicted octanol–water partition coefficient (Wildman–Crippen LogP) is 2.16. The number of amides is 1. The van der Waals surface area contributed by atoms with Crippen LogP contribution in [-0.2, 0) is 4.79 Å². The van der Waals surface area contributed by atoms with Crippen LogP contribution in [0.15, 0.2) is 18.2 Å². The Morgan fingerprint density at radius 1 is 1.33 bits per heavy atom. The van der Waals surface area contributed by atoms with Crippen molar-refractivity contribution in [2.75, 3.05) is 19.7 Å². The number of piperidine rings is 1. The second-order valence-electron chi connectivity index (χ2n) is 5.61. The van der Waals surface area contributed by atoms with Gasteiger partial charge in [-0.25, -0.2) is 0 Å². The van der Waals surface area contributed by atoms with Gasteiger partial charge in [-0.1, -0.05) is 17.7 Å². The minimum Gasteiger partial charge on any atom is -0.484 e. The van der Waals surface area contributed by atoms with Gasteiger partial charge in [0.15, 0.2) is 6.61 Å². The Labute approximate surface area is 108 Å². The van der Waals surface area contributed by atoms with Gasteiger partial charge < -0.3 is 9.64 Å². The molecule has 1 amide bonds. The summed E-state index contributed by atoms with van der Waals surface area (Å²) in [6.45, 7) is 6.12. The van der Waals surface area contributed by atoms with Gasteiger partial charge in [-0.15, -0.1) is 0 Å². The first-order chi connectivity index (χ1) is 8.63. The second-order valence-corrected chi connectivity index (χ2v) is 5.61. The van der Waals surface area contributed by atoms with E-state index in [4.69, 9.17) is 4.74 Å². The number of nitrogens with zero attached hydrogens (tertiary/aromatic N) is 1. The van der Waals surface area contributed by atoms with Crippen LogP contribution in [0.5, 0.6) is 5.75 Å². The number of hydrogen-bond acceptors (Lipinski definition) is 2. The van der Waals surface area contributed by atoms with Crippen molar-refractivity contribution in [3.05, 3.63) is 29.3 Å². The monoisotopic (exact) mass is 245 g/mol. The van der Waals surface area contributed by atoms with Crippen molar-refractivity contribution < 1.29 is 9.53 Å². The van der Waals surface area contributed by atoms with E-state index in [2.05, 4.69) is 13.0 Å². The lowest BCUT2D eigenvalue weighted by Crippen LogP contribution is -2.34. The average molecular weight is 245 g/mol. The first-order valence-corrected chi connectivity index (χ1v) is 6.61. The Hall–Kier alpha value is -1.51. The van der Waals surface area contributed by atoms with Gasteiger partial charge in [0.1, 0.15) is 5.75 Å². The summed E-state index contributed by atoms with van der Waals surface area (Å²) in [7, 11) is 0. The average Bonchev–Trinajstić information content (AvgIpc) is 2.95. The molecule has 0 aromatic heterocycles. The summed E-state index contributed by atoms with van der Waals surface area (Å²) < 4.78 is 5.62. The Balaban J connectivity index is 1.55. The molecule has 0 spiro atoms. The van der Waals surface area contributed by atoms with E-state index in [1.165, 1.54) is 12.0 Å². The Kier molecular flexibility index (Phi) is 2.77. The summed E-state index contributed by atoms with van der Waals surface area (Å²) in [4.78, 5) is 13.9. The lowest BCUT2D eigenvalue weighted by atomic mass is 10.1. The van der Waals surface area contributed by atoms with Gasteiger partial charge in [0.05, 0.1) is 0 Å². The number of benzene rings is 1. The number of carbonyl (C=O) groups excluding carboxylic acids is 1. The van der Waals surface area contributed by atoms with Crippen molar-refractivity contribution in [3.8, 4) is 5.75 Å². The van der Waals surface area contributed by atoms with Gasteiger partial charge in [0.2, 0.25) is 0 Å². The van der Waals surface area contributed by atoms with E-state index < -0.39 is 0 Å². The third-order valence-corrected chi connectivity index (χ3v) is 4.01. The van der Waals surface area contributed by atoms with Crippen molar-refractivity contribution >= 4 is 5.91 Å². The second kappa shape index (κ2) is 4.30. The van der Waals surface area contributed by atoms with Crippen molar-refractivity contribution in [1.29, 1.82) is 0 Å². The fourth-order valence-electron chi connectivity index (χ4n) is 2.79. The minimum atomic E-state index is 0.127. The highest BCUT2D eigenvalue weighted by atomic mass is 16.5. The molecule has 3 rings (SSSR count). The Morgan fingerprint density at radius 3 is 2.72 bits per heavy atom. The van der Waals surface area contributed by atoms with Gasteiger partial charge >= 0.3 is 0 Å². The topological polar surface area (TPSA) is 29.5 Å². The zero-order valence-corrected chi connectivity index (χ0v) is 11.0. The van der Waals surface area contributed by atoms with Crippen LogP contribution in [0.1, 0.15) is 17.5 Å². The molecule has 2 fully saturated rings. The number of fused-ring (bicyclic) bond motifs is 1. The molecule has 2 aliphatic rings. The van der Waals surface area contributed by atoms with Crippen LogP contribution in [0.2, 0.25) is 0 Å². The molecule has 18 heavy (non-hydrogen) atoms. The largest absolute Gasteiger partial charge is 0.484 e. The van der Waals surface area contributed by atoms with Gasteiger partial charge in [-0.05, 0) is 43.7 Å². The van der Waals surface area contributed by atoms with Crippen molar-refractivity contribution in [3.63, 3.8) is 0 Å². The van der Waals surface area contributed by atoms with E-state index in [0.29, 0.717) is 0 Å². The fourth-order valence-corrected chi connectivity index (χ4v) is 2.79. The number of carbonyl (C=O) groups is 1. The standard InChI is InChI=1S/C15H19NO2/c1-10-3-4-14(11(2)5-10)18-9-15(17)16-7-12-6-13(12)8-16/h3-5,12-13H,6-9H2,1-2H3. The minimum absolute atomic E-state index is 0.127. The van der Waals surface area contributed by atoms with Gasteiger partial charge in [-0.2, -0.15) is 0 Å². The first-order valence-electron chi connectivity index (χ1n) is 6.61. The molecule has 3 heteroatoms. The van der Waals surface area contributed by atoms with E-state index in [9.17, 15) is 4.79 Å². The lowest BCUT2D eigenvalue weighted by molar-refractivity contribution is -0.132. The third kappa shape index (κ3) is 2.22. The summed E-state index contributed by atoms with van der Waals surface area (Å²) in [6, 6.07) is 6.03. The zero-order chi connectivity index (χ0) is 12.7. The van der Waals surface area contributed by atoms with E-state index >= 15 is 0 Å². The van der Waals surface area contributed by atoms with Gasteiger partial charge in [-0.3, -0.25) is 4.79 Å². The highest BCUT2D eigenvalue weighted by molar-refractivity contribution is 5.78. The molecule has 1 heterocycles. The third-order valence-electron chi connectivity index (χ3n) is 4.01. The maximum Gasteiger partial charge on any atom is 0.260 e. The molecule has 0 radical (unpaired) electrons. The van der Waals surface area contributed by atoms with Crippen molar-refractivity contribution in [2.45, 2.75) is 20.3 Å². The summed E-state index contributed by atoms with van der Waals surface area (Å²) in [5, 5.41) is 0. The zero-order valence-electron chi connectivity index (χ0n) is 11.0. The molecular formula is C15H19NO2. The van der Waals surface area contributed by atoms with Crippen LogP contribution in [0.25, 0.3) is 0 Å². The molecule has 0 bridgehead atoms. The normalized spacial score (nSPS) is 24.9. The highest BCUT2D eigenvalue weighted by Crippen LogP contribution is 2.44. The number of ether oxygens (including phenoxy) is 1. The SMILES string of the molecule is Cc1ccc(OCC(=O)N2CC3CC3C2)c(C)c1. The smallest absolute Gasteiger partial charge is 0.260 e. The molecule has 3 nitrogen and oxygen atoms in total. The van der Waals surface area contributed by atoms with Crippen molar-refractivity contribution in [2.24, 2.45) is 11.8 Å². The van der Waals surface area contributed by atoms with Crippen LogP contribution in [0, 0.1) is 25.7 Å². The molecule has 1 saturated carbocycles. The maximum absolute atomic E-state index is 12.0. The number of hydrogen-bond donors (Lipinski definition) is 0. The van der Waals surface area contributed by atoms with Crippen LogP contribution in [0.3, 0.4) is 0 Å². The molecular weight excluding hydrogens is 226 g/mol. The fraction of sp³-hybridized carbons (Fsp3) is 0.533. The lowest BCUT2D eigenvalue weighted by Gasteiger charge is -2.18. The molecule has 1 aromatic rings. The Morgan fingerprint density at radius 2 is 2.06 bits per heavy atom. The molecule has 1 aliphatic heterocycles.